The van der Waals surface area contributed by atoms with Crippen molar-refractivity contribution in [1.29, 1.82) is 0 Å². The zero-order valence-electron chi connectivity index (χ0n) is 23.9. The number of benzene rings is 5. The quantitative estimate of drug-likeness (QED) is 0.124. The normalized spacial score (nSPS) is 11.0. The van der Waals surface area contributed by atoms with Crippen molar-refractivity contribution in [3.63, 3.8) is 0 Å². The first-order valence-electron chi connectivity index (χ1n) is 13.3. The van der Waals surface area contributed by atoms with Crippen LogP contribution in [0.1, 0.15) is 0 Å². The molecule has 7 rings (SSSR count). The van der Waals surface area contributed by atoms with Crippen LogP contribution in [0.2, 0.25) is 6.55 Å². The average Bonchev–Trinajstić information content (AvgIpc) is 3.63. The third kappa shape index (κ3) is 5.27. The molecule has 0 unspecified atom stereocenters. The zero-order valence-corrected chi connectivity index (χ0v) is 28.5. The van der Waals surface area contributed by atoms with Gasteiger partial charge < -0.3 is 14.9 Å². The van der Waals surface area contributed by atoms with Gasteiger partial charge in [-0.1, -0.05) is 126 Å². The topological polar surface area (TPSA) is 0 Å². The maximum Gasteiger partial charge on any atom is 4.00 e. The predicted octanol–water partition coefficient (Wildman–Crippen LogP) is 8.76. The molecule has 0 bridgehead atoms. The van der Waals surface area contributed by atoms with Crippen molar-refractivity contribution in [2.75, 3.05) is 0 Å². The Labute approximate surface area is 264 Å². The van der Waals surface area contributed by atoms with Crippen LogP contribution in [0.15, 0.2) is 152 Å². The predicted molar refractivity (Wildman–Crippen MR) is 180 cm³/mol. The fraction of sp³-hybridized carbons (Fsp3) is 0.0256. The molecule has 198 valence electrons. The molecule has 2 heteroatoms. The summed E-state index contributed by atoms with van der Waals surface area (Å²) in [6.45, 7) is 2.52. The van der Waals surface area contributed by atoms with Crippen LogP contribution in [0.25, 0.3) is 43.8 Å². The molecule has 41 heavy (non-hydrogen) atoms. The van der Waals surface area contributed by atoms with Gasteiger partial charge in [0.1, 0.15) is 8.07 Å². The van der Waals surface area contributed by atoms with Crippen LogP contribution in [0, 0.1) is 14.9 Å². The fourth-order valence-corrected chi connectivity index (χ4v) is 9.67. The Bertz CT molecular complexity index is 1740. The standard InChI is InChI=1S/C37H28Si.2CH3.Hf/c1-38(31-19-9-4-10-20-31,32-23-29-17-11-21-34(36(29)25-32)27-13-5-2-6-14-27)33-24-30-18-12-22-35(37(30)26-33)28-15-7-3-8-16-28;;;/h2-26H,1H3;2*1H3;/q-2;2*-1;+4. The van der Waals surface area contributed by atoms with E-state index in [9.17, 15) is 0 Å². The summed E-state index contributed by atoms with van der Waals surface area (Å²) in [5.74, 6) is 0. The molecule has 0 aliphatic heterocycles. The second-order valence-corrected chi connectivity index (χ2v) is 14.3. The molecule has 0 spiro atoms. The minimum absolute atomic E-state index is 0. The van der Waals surface area contributed by atoms with E-state index in [1.54, 1.807) is 0 Å². The third-order valence-corrected chi connectivity index (χ3v) is 12.6. The van der Waals surface area contributed by atoms with Gasteiger partial charge >= 0.3 is 25.8 Å². The molecule has 0 amide bonds. The monoisotopic (exact) mass is 710 g/mol. The van der Waals surface area contributed by atoms with Crippen molar-refractivity contribution in [3.05, 3.63) is 167 Å². The summed E-state index contributed by atoms with van der Waals surface area (Å²) in [7, 11) is -2.29. The molecule has 0 heterocycles. The van der Waals surface area contributed by atoms with Gasteiger partial charge in [0, 0.05) is 0 Å². The van der Waals surface area contributed by atoms with Gasteiger partial charge in [-0.3, -0.25) is 0 Å². The molecule has 0 radical (unpaired) electrons. The van der Waals surface area contributed by atoms with Crippen LogP contribution in [0.5, 0.6) is 0 Å². The van der Waals surface area contributed by atoms with E-state index >= 15 is 0 Å². The molecule has 0 N–H and O–H groups in total. The Morgan fingerprint density at radius 3 is 1.27 bits per heavy atom. The summed E-state index contributed by atoms with van der Waals surface area (Å²) in [6.07, 6.45) is 0. The smallest absolute Gasteiger partial charge is 0.358 e. The van der Waals surface area contributed by atoms with E-state index < -0.39 is 8.07 Å². The Hall–Kier alpha value is -3.59. The van der Waals surface area contributed by atoms with Gasteiger partial charge in [0.2, 0.25) is 0 Å². The Balaban J connectivity index is 0.00000129. The molecular weight excluding hydrogens is 675 g/mol. The van der Waals surface area contributed by atoms with Crippen LogP contribution in [-0.2, 0) is 25.8 Å². The number of fused-ring (bicyclic) bond motifs is 2. The number of hydrogen-bond acceptors (Lipinski definition) is 0. The summed E-state index contributed by atoms with van der Waals surface area (Å²) in [5.41, 5.74) is 5.14. The van der Waals surface area contributed by atoms with Crippen molar-refractivity contribution < 1.29 is 25.8 Å². The molecule has 7 aromatic rings. The second-order valence-electron chi connectivity index (χ2n) is 10.3. The number of rotatable bonds is 5. The maximum atomic E-state index is 2.52. The number of hydrogen-bond donors (Lipinski definition) is 0. The van der Waals surface area contributed by atoms with Gasteiger partial charge in [-0.05, 0) is 11.1 Å². The summed E-state index contributed by atoms with van der Waals surface area (Å²) in [5, 5.41) is 9.66. The summed E-state index contributed by atoms with van der Waals surface area (Å²) in [4.78, 5) is 0. The minimum Gasteiger partial charge on any atom is -0.358 e. The van der Waals surface area contributed by atoms with Gasteiger partial charge in [0.05, 0.1) is 0 Å². The summed E-state index contributed by atoms with van der Waals surface area (Å²) >= 11 is 0. The first kappa shape index (κ1) is 30.4. The van der Waals surface area contributed by atoms with Crippen molar-refractivity contribution in [2.24, 2.45) is 0 Å². The van der Waals surface area contributed by atoms with Crippen LogP contribution in [0.3, 0.4) is 0 Å². The van der Waals surface area contributed by atoms with E-state index in [0.29, 0.717) is 0 Å². The largest absolute Gasteiger partial charge is 4.00 e. The molecular formula is C39H34HfSi. The molecule has 0 fully saturated rings. The van der Waals surface area contributed by atoms with Gasteiger partial charge in [0.25, 0.3) is 0 Å². The second kappa shape index (κ2) is 12.5. The van der Waals surface area contributed by atoms with Gasteiger partial charge in [0.15, 0.2) is 0 Å². The van der Waals surface area contributed by atoms with Crippen LogP contribution < -0.4 is 15.6 Å². The Morgan fingerprint density at radius 1 is 0.463 bits per heavy atom. The molecule has 0 aliphatic rings. The maximum absolute atomic E-state index is 2.52. The van der Waals surface area contributed by atoms with E-state index in [1.807, 2.05) is 0 Å². The molecule has 7 aromatic carbocycles. The van der Waals surface area contributed by atoms with Crippen molar-refractivity contribution in [1.82, 2.24) is 0 Å². The van der Waals surface area contributed by atoms with Crippen molar-refractivity contribution in [3.8, 4) is 22.3 Å². The fourth-order valence-electron chi connectivity index (χ4n) is 6.06. The molecule has 0 saturated heterocycles. The SMILES string of the molecule is C[Si](c1ccccc1)(c1cc2c(-c3ccccc3)cccc2[cH-]1)c1cc2c(-c3ccccc3)cccc2[cH-]1.[CH3-].[CH3-].[Hf+4]. The van der Waals surface area contributed by atoms with E-state index in [2.05, 4.69) is 158 Å². The molecule has 0 saturated carbocycles. The van der Waals surface area contributed by atoms with E-state index in [-0.39, 0.29) is 40.7 Å². The van der Waals surface area contributed by atoms with Crippen LogP contribution >= 0.6 is 0 Å². The first-order valence-corrected chi connectivity index (χ1v) is 15.8. The summed E-state index contributed by atoms with van der Waals surface area (Å²) in [6, 6.07) is 56.0. The molecule has 0 atom stereocenters. The average molecular weight is 709 g/mol. The Morgan fingerprint density at radius 2 is 0.854 bits per heavy atom. The van der Waals surface area contributed by atoms with Crippen LogP contribution in [-0.4, -0.2) is 8.07 Å². The van der Waals surface area contributed by atoms with Gasteiger partial charge in [-0.15, -0.1) is 68.3 Å². The molecule has 0 aromatic heterocycles. The van der Waals surface area contributed by atoms with Crippen molar-refractivity contribution in [2.45, 2.75) is 6.55 Å². The van der Waals surface area contributed by atoms with E-state index in [0.717, 1.165) is 0 Å². The van der Waals surface area contributed by atoms with E-state index in [4.69, 9.17) is 0 Å². The summed E-state index contributed by atoms with van der Waals surface area (Å²) < 4.78 is 0. The van der Waals surface area contributed by atoms with Crippen molar-refractivity contribution >= 4 is 45.2 Å². The molecule has 0 nitrogen and oxygen atoms in total. The van der Waals surface area contributed by atoms with Crippen LogP contribution in [0.4, 0.5) is 0 Å². The minimum atomic E-state index is -2.29. The zero-order chi connectivity index (χ0) is 25.5. The van der Waals surface area contributed by atoms with Gasteiger partial charge in [-0.25, -0.2) is 0 Å². The Kier molecular flexibility index (Phi) is 9.26. The molecule has 0 aliphatic carbocycles. The van der Waals surface area contributed by atoms with Gasteiger partial charge in [-0.2, -0.15) is 12.1 Å². The van der Waals surface area contributed by atoms with E-state index in [1.165, 1.54) is 59.4 Å². The third-order valence-electron chi connectivity index (χ3n) is 8.18. The first-order chi connectivity index (χ1) is 18.7.